The van der Waals surface area contributed by atoms with Gasteiger partial charge in [-0.15, -0.1) is 0 Å². The number of nitrogens with zero attached hydrogens (tertiary/aromatic N) is 3. The van der Waals surface area contributed by atoms with Crippen molar-refractivity contribution in [3.63, 3.8) is 0 Å². The number of ether oxygens (including phenoxy) is 2. The molecule has 0 radical (unpaired) electrons. The number of nitrogens with one attached hydrogen (secondary N) is 1. The van der Waals surface area contributed by atoms with Crippen LogP contribution in [0.4, 0.5) is 19.0 Å². The van der Waals surface area contributed by atoms with E-state index in [1.807, 2.05) is 6.26 Å². The summed E-state index contributed by atoms with van der Waals surface area (Å²) in [5.41, 5.74) is -0.472. The number of thioether (sulfide) groups is 1. The number of alkyl halides is 3. The molecule has 8 nitrogen and oxygen atoms in total. The predicted octanol–water partition coefficient (Wildman–Crippen LogP) is 4.04. The molecule has 188 valence electrons. The number of anilines is 1. The molecule has 1 saturated heterocycles. The van der Waals surface area contributed by atoms with E-state index < -0.39 is 35.4 Å². The summed E-state index contributed by atoms with van der Waals surface area (Å²) < 4.78 is 51.7. The maximum atomic E-state index is 13.5. The van der Waals surface area contributed by atoms with Crippen molar-refractivity contribution >= 4 is 29.4 Å². The maximum absolute atomic E-state index is 13.5. The van der Waals surface area contributed by atoms with E-state index in [1.54, 1.807) is 13.8 Å². The van der Waals surface area contributed by atoms with Gasteiger partial charge in [0.25, 0.3) is 5.91 Å². The number of hydrogen-bond acceptors (Lipinski definition) is 7. The first-order chi connectivity index (χ1) is 16.5. The number of hydrogen-bond donors (Lipinski definition) is 1. The van der Waals surface area contributed by atoms with Crippen LogP contribution in [0.2, 0.25) is 0 Å². The van der Waals surface area contributed by atoms with Crippen LogP contribution in [-0.2, 0) is 27.0 Å². The highest BCUT2D eigenvalue weighted by atomic mass is 32.2. The Bertz CT molecular complexity index is 1110. The van der Waals surface area contributed by atoms with Crippen LogP contribution in [-0.4, -0.2) is 57.1 Å². The fourth-order valence-corrected chi connectivity index (χ4v) is 4.60. The molecule has 35 heavy (non-hydrogen) atoms. The number of benzene rings is 1. The minimum Gasteiger partial charge on any atom is -0.347 e. The zero-order chi connectivity index (χ0) is 25.4. The Kier molecular flexibility index (Phi) is 7.07. The number of rotatable bonds is 7. The first kappa shape index (κ1) is 25.4. The van der Waals surface area contributed by atoms with E-state index in [1.165, 1.54) is 41.2 Å². The van der Waals surface area contributed by atoms with E-state index >= 15 is 0 Å². The van der Waals surface area contributed by atoms with Crippen LogP contribution in [0.1, 0.15) is 53.6 Å². The zero-order valence-corrected chi connectivity index (χ0v) is 20.2. The van der Waals surface area contributed by atoms with Crippen LogP contribution in [0, 0.1) is 0 Å². The standard InChI is InChI=1S/C23H25F3N4O4S/c1-22(2)33-12-18(34-22)16-9-28-19(10-27-16)29-20(31)17(7-8-35-3)30-11-14-13(21(30)32)5-4-6-15(14)23(24,25)26/h4-6,9-10,17-18H,7-8,11-12H2,1-3H3,(H,28,29,31). The minimum absolute atomic E-state index is 0.0346. The van der Waals surface area contributed by atoms with Crippen molar-refractivity contribution < 1.29 is 32.2 Å². The summed E-state index contributed by atoms with van der Waals surface area (Å²) in [6.07, 6.45) is -0.0385. The van der Waals surface area contributed by atoms with Gasteiger partial charge in [0, 0.05) is 12.1 Å². The topological polar surface area (TPSA) is 93.7 Å². The molecule has 0 saturated carbocycles. The van der Waals surface area contributed by atoms with Gasteiger partial charge < -0.3 is 19.7 Å². The molecular formula is C23H25F3N4O4S. The van der Waals surface area contributed by atoms with Crippen molar-refractivity contribution in [2.45, 2.75) is 50.9 Å². The number of fused-ring (bicyclic) bond motifs is 1. The average Bonchev–Trinajstić information content (AvgIpc) is 3.33. The third-order valence-corrected chi connectivity index (χ3v) is 6.48. The minimum atomic E-state index is -4.60. The lowest BCUT2D eigenvalue weighted by Crippen LogP contribution is -2.44. The fraction of sp³-hybridized carbons (Fsp3) is 0.478. The average molecular weight is 511 g/mol. The van der Waals surface area contributed by atoms with Crippen molar-refractivity contribution in [3.05, 3.63) is 53.0 Å². The summed E-state index contributed by atoms with van der Waals surface area (Å²) in [5.74, 6) is -1.18. The quantitative estimate of drug-likeness (QED) is 0.601. The van der Waals surface area contributed by atoms with Gasteiger partial charge in [-0.2, -0.15) is 24.9 Å². The fourth-order valence-electron chi connectivity index (χ4n) is 4.14. The molecule has 2 aliphatic heterocycles. The first-order valence-electron chi connectivity index (χ1n) is 10.9. The Morgan fingerprint density at radius 2 is 2.09 bits per heavy atom. The van der Waals surface area contributed by atoms with Crippen molar-refractivity contribution in [3.8, 4) is 0 Å². The number of carbonyl (C=O) groups is 2. The second kappa shape index (κ2) is 9.75. The van der Waals surface area contributed by atoms with Crippen molar-refractivity contribution in [2.24, 2.45) is 0 Å². The molecule has 1 N–H and O–H groups in total. The number of amides is 2. The Balaban J connectivity index is 1.51. The monoisotopic (exact) mass is 510 g/mol. The van der Waals surface area contributed by atoms with E-state index in [9.17, 15) is 22.8 Å². The smallest absolute Gasteiger partial charge is 0.347 e. The molecule has 0 bridgehead atoms. The van der Waals surface area contributed by atoms with E-state index in [-0.39, 0.29) is 36.0 Å². The molecule has 12 heteroatoms. The lowest BCUT2D eigenvalue weighted by molar-refractivity contribution is -0.139. The van der Waals surface area contributed by atoms with Crippen LogP contribution in [0.3, 0.4) is 0 Å². The Morgan fingerprint density at radius 3 is 2.69 bits per heavy atom. The summed E-state index contributed by atoms with van der Waals surface area (Å²) in [6.45, 7) is 3.61. The van der Waals surface area contributed by atoms with Crippen LogP contribution in [0.5, 0.6) is 0 Å². The predicted molar refractivity (Wildman–Crippen MR) is 123 cm³/mol. The largest absolute Gasteiger partial charge is 0.416 e. The van der Waals surface area contributed by atoms with Gasteiger partial charge in [-0.3, -0.25) is 14.6 Å². The lowest BCUT2D eigenvalue weighted by atomic mass is 10.0. The van der Waals surface area contributed by atoms with Gasteiger partial charge in [0.1, 0.15) is 12.1 Å². The summed E-state index contributed by atoms with van der Waals surface area (Å²) in [5, 5.41) is 2.64. The molecule has 1 fully saturated rings. The van der Waals surface area contributed by atoms with Crippen LogP contribution in [0.25, 0.3) is 0 Å². The third kappa shape index (κ3) is 5.44. The Labute approximate surface area is 204 Å². The first-order valence-corrected chi connectivity index (χ1v) is 12.3. The highest BCUT2D eigenvalue weighted by molar-refractivity contribution is 7.98. The summed E-state index contributed by atoms with van der Waals surface area (Å²) in [7, 11) is 0. The molecule has 4 rings (SSSR count). The van der Waals surface area contributed by atoms with Gasteiger partial charge >= 0.3 is 6.18 Å². The Morgan fingerprint density at radius 1 is 1.31 bits per heavy atom. The number of aromatic nitrogens is 2. The van der Waals surface area contributed by atoms with E-state index in [0.29, 0.717) is 18.1 Å². The summed E-state index contributed by atoms with van der Waals surface area (Å²) in [4.78, 5) is 35.9. The Hall–Kier alpha value is -2.70. The third-order valence-electron chi connectivity index (χ3n) is 5.84. The molecular weight excluding hydrogens is 485 g/mol. The van der Waals surface area contributed by atoms with Crippen molar-refractivity contribution in [1.82, 2.24) is 14.9 Å². The molecule has 2 unspecified atom stereocenters. The van der Waals surface area contributed by atoms with Gasteiger partial charge in [-0.05, 0) is 50.0 Å². The molecule has 2 amide bonds. The van der Waals surface area contributed by atoms with Gasteiger partial charge in [0.15, 0.2) is 11.6 Å². The summed E-state index contributed by atoms with van der Waals surface area (Å²) in [6, 6.07) is 2.54. The van der Waals surface area contributed by atoms with Gasteiger partial charge in [-0.25, -0.2) is 4.98 Å². The van der Waals surface area contributed by atoms with E-state index in [0.717, 1.165) is 6.07 Å². The van der Waals surface area contributed by atoms with Crippen LogP contribution >= 0.6 is 11.8 Å². The maximum Gasteiger partial charge on any atom is 0.416 e. The lowest BCUT2D eigenvalue weighted by Gasteiger charge is -2.26. The molecule has 3 heterocycles. The molecule has 0 aliphatic carbocycles. The zero-order valence-electron chi connectivity index (χ0n) is 19.4. The highest BCUT2D eigenvalue weighted by Crippen LogP contribution is 2.38. The SMILES string of the molecule is CSCCC(C(=O)Nc1cnc(C2COC(C)(C)O2)cn1)N1Cc2c(cccc2C(F)(F)F)C1=O. The molecule has 1 aromatic heterocycles. The summed E-state index contributed by atoms with van der Waals surface area (Å²) >= 11 is 1.47. The highest BCUT2D eigenvalue weighted by Gasteiger charge is 2.42. The van der Waals surface area contributed by atoms with E-state index in [2.05, 4.69) is 15.3 Å². The van der Waals surface area contributed by atoms with Crippen molar-refractivity contribution in [1.29, 1.82) is 0 Å². The second-order valence-electron chi connectivity index (χ2n) is 8.69. The number of halogens is 3. The van der Waals surface area contributed by atoms with Gasteiger partial charge in [-0.1, -0.05) is 6.07 Å². The number of carbonyl (C=O) groups excluding carboxylic acids is 2. The molecule has 0 spiro atoms. The second-order valence-corrected chi connectivity index (χ2v) is 9.68. The van der Waals surface area contributed by atoms with Gasteiger partial charge in [0.2, 0.25) is 5.91 Å². The van der Waals surface area contributed by atoms with Gasteiger partial charge in [0.05, 0.1) is 30.3 Å². The van der Waals surface area contributed by atoms with Crippen LogP contribution in [0.15, 0.2) is 30.6 Å². The molecule has 1 aromatic carbocycles. The molecule has 2 aliphatic rings. The molecule has 2 atom stereocenters. The van der Waals surface area contributed by atoms with Crippen molar-refractivity contribution in [2.75, 3.05) is 23.9 Å². The molecule has 2 aromatic rings. The normalized spacial score (nSPS) is 20.1. The van der Waals surface area contributed by atoms with E-state index in [4.69, 9.17) is 9.47 Å². The van der Waals surface area contributed by atoms with Crippen LogP contribution < -0.4 is 5.32 Å².